The summed E-state index contributed by atoms with van der Waals surface area (Å²) in [5.74, 6) is 0.573. The molecule has 1 saturated heterocycles. The molecule has 0 amide bonds. The second-order valence-electron chi connectivity index (χ2n) is 5.20. The van der Waals surface area contributed by atoms with Gasteiger partial charge in [-0.2, -0.15) is 10.2 Å². The molecule has 0 aromatic rings. The summed E-state index contributed by atoms with van der Waals surface area (Å²) in [6.45, 7) is 12.3. The van der Waals surface area contributed by atoms with Gasteiger partial charge >= 0.3 is 0 Å². The fourth-order valence-electron chi connectivity index (χ4n) is 2.41. The lowest BCUT2D eigenvalue weighted by molar-refractivity contribution is 0.0428. The number of hydrogen-bond donors (Lipinski definition) is 0. The molecule has 0 bridgehead atoms. The van der Waals surface area contributed by atoms with Gasteiger partial charge < -0.3 is 0 Å². The van der Waals surface area contributed by atoms with Crippen molar-refractivity contribution in [1.82, 2.24) is 9.80 Å². The van der Waals surface area contributed by atoms with E-state index in [0.29, 0.717) is 24.3 Å². The first kappa shape index (κ1) is 11.0. The smallest absolute Gasteiger partial charge is 0.138 e. The quantitative estimate of drug-likeness (QED) is 0.695. The lowest BCUT2D eigenvalue weighted by atomic mass is 10.1. The minimum Gasteiger partial charge on any atom is -0.296 e. The molecular formula is C11H22N4. The fraction of sp³-hybridized carbons (Fsp3) is 1.00. The Morgan fingerprint density at radius 1 is 1.07 bits per heavy atom. The normalized spacial score (nSPS) is 32.9. The van der Waals surface area contributed by atoms with Crippen molar-refractivity contribution in [1.29, 1.82) is 0 Å². The van der Waals surface area contributed by atoms with Crippen molar-refractivity contribution >= 4 is 0 Å². The molecule has 0 spiro atoms. The largest absolute Gasteiger partial charge is 0.296 e. The summed E-state index contributed by atoms with van der Waals surface area (Å²) in [5.41, 5.74) is 0. The van der Waals surface area contributed by atoms with E-state index in [1.54, 1.807) is 0 Å². The monoisotopic (exact) mass is 210 g/mol. The van der Waals surface area contributed by atoms with E-state index in [2.05, 4.69) is 47.7 Å². The zero-order valence-corrected chi connectivity index (χ0v) is 10.2. The van der Waals surface area contributed by atoms with Crippen molar-refractivity contribution in [2.24, 2.45) is 16.1 Å². The highest BCUT2D eigenvalue weighted by atomic mass is 15.5. The minimum absolute atomic E-state index is 0.313. The zero-order chi connectivity index (χ0) is 11.0. The van der Waals surface area contributed by atoms with Crippen LogP contribution in [0.3, 0.4) is 0 Å². The van der Waals surface area contributed by atoms with E-state index in [0.717, 1.165) is 19.6 Å². The Balaban J connectivity index is 1.99. The molecule has 0 radical (unpaired) electrons. The van der Waals surface area contributed by atoms with E-state index in [9.17, 15) is 0 Å². The van der Waals surface area contributed by atoms with Crippen LogP contribution in [0.15, 0.2) is 10.2 Å². The molecule has 15 heavy (non-hydrogen) atoms. The molecule has 2 atom stereocenters. The Morgan fingerprint density at radius 3 is 2.40 bits per heavy atom. The van der Waals surface area contributed by atoms with Crippen LogP contribution in [0.4, 0.5) is 0 Å². The molecule has 0 saturated carbocycles. The molecule has 0 aliphatic carbocycles. The Labute approximate surface area is 92.3 Å². The van der Waals surface area contributed by atoms with Crippen molar-refractivity contribution in [3.05, 3.63) is 0 Å². The maximum Gasteiger partial charge on any atom is 0.138 e. The van der Waals surface area contributed by atoms with Crippen LogP contribution in [-0.2, 0) is 0 Å². The number of fused-ring (bicyclic) bond motifs is 1. The molecule has 4 heteroatoms. The highest BCUT2D eigenvalue weighted by molar-refractivity contribution is 4.89. The number of hydrogen-bond acceptors (Lipinski definition) is 4. The van der Waals surface area contributed by atoms with Gasteiger partial charge in [0, 0.05) is 25.7 Å². The predicted molar refractivity (Wildman–Crippen MR) is 60.7 cm³/mol. The van der Waals surface area contributed by atoms with Crippen molar-refractivity contribution in [2.75, 3.05) is 19.6 Å². The minimum atomic E-state index is 0.313. The number of rotatable bonds is 2. The third kappa shape index (κ3) is 2.06. The summed E-state index contributed by atoms with van der Waals surface area (Å²) in [4.78, 5) is 4.94. The topological polar surface area (TPSA) is 31.2 Å². The fourth-order valence-corrected chi connectivity index (χ4v) is 2.41. The predicted octanol–water partition coefficient (Wildman–Crippen LogP) is 1.79. The number of nitrogens with zero attached hydrogens (tertiary/aromatic N) is 4. The van der Waals surface area contributed by atoms with E-state index in [1.807, 2.05) is 0 Å². The Kier molecular flexibility index (Phi) is 3.07. The molecule has 86 valence electrons. The molecule has 0 aromatic carbocycles. The summed E-state index contributed by atoms with van der Waals surface area (Å²) in [5, 5.41) is 8.80. The van der Waals surface area contributed by atoms with E-state index in [-0.39, 0.29) is 0 Å². The van der Waals surface area contributed by atoms with Crippen molar-refractivity contribution in [3.63, 3.8) is 0 Å². The Bertz CT molecular complexity index is 249. The van der Waals surface area contributed by atoms with Gasteiger partial charge in [0.25, 0.3) is 0 Å². The SMILES string of the molecule is CC(C)C1N=NC2CN(C(C)C)CCN21. The summed E-state index contributed by atoms with van der Waals surface area (Å²) >= 11 is 0. The standard InChI is InChI=1S/C11H22N4/c1-8(2)11-13-12-10-7-14(9(3)4)5-6-15(10)11/h8-11H,5-7H2,1-4H3. The van der Waals surface area contributed by atoms with Gasteiger partial charge in [-0.25, -0.2) is 0 Å². The molecule has 2 aliphatic heterocycles. The zero-order valence-electron chi connectivity index (χ0n) is 10.2. The molecular weight excluding hydrogens is 188 g/mol. The molecule has 2 aliphatic rings. The maximum absolute atomic E-state index is 4.40. The van der Waals surface area contributed by atoms with Crippen molar-refractivity contribution in [3.8, 4) is 0 Å². The Morgan fingerprint density at radius 2 is 1.80 bits per heavy atom. The van der Waals surface area contributed by atoms with Crippen LogP contribution < -0.4 is 0 Å². The third-order valence-electron chi connectivity index (χ3n) is 3.41. The lowest BCUT2D eigenvalue weighted by Gasteiger charge is -2.40. The van der Waals surface area contributed by atoms with Gasteiger partial charge in [0.1, 0.15) is 12.3 Å². The highest BCUT2D eigenvalue weighted by Gasteiger charge is 2.37. The van der Waals surface area contributed by atoms with Gasteiger partial charge in [-0.15, -0.1) is 0 Å². The molecule has 4 nitrogen and oxygen atoms in total. The average Bonchev–Trinajstić information content (AvgIpc) is 2.59. The van der Waals surface area contributed by atoms with Crippen LogP contribution in [0.1, 0.15) is 27.7 Å². The van der Waals surface area contributed by atoms with E-state index in [4.69, 9.17) is 0 Å². The van der Waals surface area contributed by atoms with Crippen molar-refractivity contribution in [2.45, 2.75) is 46.1 Å². The first-order valence-electron chi connectivity index (χ1n) is 5.99. The van der Waals surface area contributed by atoms with Gasteiger partial charge in [-0.05, 0) is 19.8 Å². The van der Waals surface area contributed by atoms with E-state index in [1.165, 1.54) is 0 Å². The van der Waals surface area contributed by atoms with E-state index < -0.39 is 0 Å². The molecule has 1 fully saturated rings. The second-order valence-corrected chi connectivity index (χ2v) is 5.20. The van der Waals surface area contributed by atoms with Gasteiger partial charge in [0.05, 0.1) is 0 Å². The average molecular weight is 210 g/mol. The molecule has 0 aromatic heterocycles. The summed E-state index contributed by atoms with van der Waals surface area (Å²) < 4.78 is 0. The lowest BCUT2D eigenvalue weighted by Crippen LogP contribution is -2.55. The van der Waals surface area contributed by atoms with Gasteiger partial charge in [0.2, 0.25) is 0 Å². The van der Waals surface area contributed by atoms with Crippen molar-refractivity contribution < 1.29 is 0 Å². The highest BCUT2D eigenvalue weighted by Crippen LogP contribution is 2.26. The van der Waals surface area contributed by atoms with Gasteiger partial charge in [-0.3, -0.25) is 9.80 Å². The van der Waals surface area contributed by atoms with Crippen LogP contribution in [0.2, 0.25) is 0 Å². The third-order valence-corrected chi connectivity index (χ3v) is 3.41. The number of piperazine rings is 1. The van der Waals surface area contributed by atoms with Crippen LogP contribution in [0.25, 0.3) is 0 Å². The van der Waals surface area contributed by atoms with Crippen LogP contribution in [-0.4, -0.2) is 47.8 Å². The second kappa shape index (κ2) is 4.18. The summed E-state index contributed by atoms with van der Waals surface area (Å²) in [6.07, 6.45) is 0.637. The Hall–Kier alpha value is -0.480. The molecule has 2 heterocycles. The van der Waals surface area contributed by atoms with Crippen LogP contribution in [0.5, 0.6) is 0 Å². The van der Waals surface area contributed by atoms with E-state index >= 15 is 0 Å². The molecule has 0 N–H and O–H groups in total. The summed E-state index contributed by atoms with van der Waals surface area (Å²) in [6, 6.07) is 0.625. The van der Waals surface area contributed by atoms with Crippen LogP contribution >= 0.6 is 0 Å². The van der Waals surface area contributed by atoms with Crippen LogP contribution in [0, 0.1) is 5.92 Å². The maximum atomic E-state index is 4.40. The molecule has 2 unspecified atom stereocenters. The molecule has 2 rings (SSSR count). The summed E-state index contributed by atoms with van der Waals surface area (Å²) in [7, 11) is 0. The van der Waals surface area contributed by atoms with Gasteiger partial charge in [0.15, 0.2) is 0 Å². The van der Waals surface area contributed by atoms with Gasteiger partial charge in [-0.1, -0.05) is 13.8 Å². The first-order valence-corrected chi connectivity index (χ1v) is 5.99. The first-order chi connectivity index (χ1) is 7.09. The number of azo groups is 1.